The van der Waals surface area contributed by atoms with Crippen molar-refractivity contribution >= 4 is 12.0 Å². The minimum atomic E-state index is -1.00. The molecule has 0 spiro atoms. The zero-order valence-electron chi connectivity index (χ0n) is 13.2. The summed E-state index contributed by atoms with van der Waals surface area (Å²) in [6.45, 7) is 9.17. The van der Waals surface area contributed by atoms with Crippen molar-refractivity contribution in [1.82, 2.24) is 9.80 Å². The third-order valence-electron chi connectivity index (χ3n) is 4.60. The maximum absolute atomic E-state index is 12.5. The molecule has 120 valence electrons. The molecule has 1 N–H and O–H groups in total. The Hall–Kier alpha value is -1.30. The zero-order valence-corrected chi connectivity index (χ0v) is 13.2. The Bertz CT molecular complexity index is 397. The maximum atomic E-state index is 12.5. The second kappa shape index (κ2) is 6.22. The number of urea groups is 1. The number of carbonyl (C=O) groups excluding carboxylic acids is 1. The Morgan fingerprint density at radius 1 is 1.10 bits per heavy atom. The van der Waals surface area contributed by atoms with Crippen LogP contribution in [0, 0.1) is 11.3 Å². The lowest BCUT2D eigenvalue weighted by molar-refractivity contribution is -0.154. The fraction of sp³-hybridized carbons (Fsp3) is 0.867. The highest BCUT2D eigenvalue weighted by Gasteiger charge is 2.34. The largest absolute Gasteiger partial charge is 0.479 e. The number of piperidine rings is 1. The molecule has 1 unspecified atom stereocenters. The van der Waals surface area contributed by atoms with Gasteiger partial charge in [0.1, 0.15) is 0 Å². The van der Waals surface area contributed by atoms with Gasteiger partial charge in [0.25, 0.3) is 0 Å². The van der Waals surface area contributed by atoms with Gasteiger partial charge in [-0.2, -0.15) is 0 Å². The molecule has 0 aliphatic carbocycles. The van der Waals surface area contributed by atoms with E-state index in [0.29, 0.717) is 19.1 Å². The number of likely N-dealkylation sites (tertiary alicyclic amines) is 1. The van der Waals surface area contributed by atoms with Crippen LogP contribution >= 0.6 is 0 Å². The van der Waals surface area contributed by atoms with E-state index in [0.717, 1.165) is 25.9 Å². The number of carboxylic acids is 1. The third-order valence-corrected chi connectivity index (χ3v) is 4.60. The van der Waals surface area contributed by atoms with Crippen molar-refractivity contribution in [2.45, 2.75) is 39.7 Å². The molecule has 0 saturated carbocycles. The average molecular weight is 298 g/mol. The highest BCUT2D eigenvalue weighted by molar-refractivity contribution is 5.77. The van der Waals surface area contributed by atoms with Gasteiger partial charge in [-0.25, -0.2) is 9.59 Å². The standard InChI is InChI=1S/C15H26N2O4/c1-15(2,3)11-4-6-16(7-5-11)14(20)17-8-9-21-12(10-17)13(18)19/h11-12H,4-10H2,1-3H3,(H,18,19). The first kappa shape index (κ1) is 16.1. The molecule has 2 aliphatic heterocycles. The molecule has 6 heteroatoms. The molecular weight excluding hydrogens is 272 g/mol. The molecule has 2 amide bonds. The summed E-state index contributed by atoms with van der Waals surface area (Å²) in [5.74, 6) is -0.364. The summed E-state index contributed by atoms with van der Waals surface area (Å²) in [5.41, 5.74) is 0.280. The normalized spacial score (nSPS) is 25.0. The molecule has 0 radical (unpaired) electrons. The first-order valence-corrected chi connectivity index (χ1v) is 7.67. The van der Waals surface area contributed by atoms with Crippen molar-refractivity contribution in [1.29, 1.82) is 0 Å². The summed E-state index contributed by atoms with van der Waals surface area (Å²) in [4.78, 5) is 26.9. The van der Waals surface area contributed by atoms with E-state index in [2.05, 4.69) is 20.8 Å². The van der Waals surface area contributed by atoms with Gasteiger partial charge in [0.2, 0.25) is 0 Å². The lowest BCUT2D eigenvalue weighted by Crippen LogP contribution is -2.54. The molecule has 21 heavy (non-hydrogen) atoms. The van der Waals surface area contributed by atoms with Gasteiger partial charge in [-0.15, -0.1) is 0 Å². The highest BCUT2D eigenvalue weighted by Crippen LogP contribution is 2.34. The molecule has 2 aliphatic rings. The summed E-state index contributed by atoms with van der Waals surface area (Å²) in [6, 6.07) is -0.0445. The van der Waals surface area contributed by atoms with E-state index in [9.17, 15) is 9.59 Å². The smallest absolute Gasteiger partial charge is 0.334 e. The number of carboxylic acid groups (broad SMARTS) is 1. The number of morpholine rings is 1. The van der Waals surface area contributed by atoms with Crippen LogP contribution in [-0.2, 0) is 9.53 Å². The van der Waals surface area contributed by atoms with Crippen molar-refractivity contribution in [3.8, 4) is 0 Å². The molecule has 2 rings (SSSR count). The summed E-state index contributed by atoms with van der Waals surface area (Å²) in [6.07, 6.45) is 1.14. The van der Waals surface area contributed by atoms with Crippen LogP contribution in [0.2, 0.25) is 0 Å². The summed E-state index contributed by atoms with van der Waals surface area (Å²) < 4.78 is 5.16. The van der Waals surface area contributed by atoms with Crippen LogP contribution in [-0.4, -0.2) is 65.8 Å². The first-order chi connectivity index (χ1) is 9.79. The molecule has 2 saturated heterocycles. The molecule has 0 aromatic rings. The summed E-state index contributed by atoms with van der Waals surface area (Å²) >= 11 is 0. The Morgan fingerprint density at radius 2 is 1.71 bits per heavy atom. The number of hydrogen-bond donors (Lipinski definition) is 1. The lowest BCUT2D eigenvalue weighted by atomic mass is 9.75. The Balaban J connectivity index is 1.88. The van der Waals surface area contributed by atoms with Crippen LogP contribution in [0.5, 0.6) is 0 Å². The van der Waals surface area contributed by atoms with E-state index in [4.69, 9.17) is 9.84 Å². The molecule has 0 bridgehead atoms. The number of ether oxygens (including phenoxy) is 1. The number of rotatable bonds is 1. The Kier molecular flexibility index (Phi) is 4.76. The predicted molar refractivity (Wildman–Crippen MR) is 78.1 cm³/mol. The number of carbonyl (C=O) groups is 2. The van der Waals surface area contributed by atoms with E-state index in [1.54, 1.807) is 4.90 Å². The number of aliphatic carboxylic acids is 1. The molecule has 6 nitrogen and oxygen atoms in total. The molecule has 2 heterocycles. The van der Waals surface area contributed by atoms with Crippen molar-refractivity contribution in [2.24, 2.45) is 11.3 Å². The molecule has 1 atom stereocenters. The lowest BCUT2D eigenvalue weighted by Gasteiger charge is -2.41. The quantitative estimate of drug-likeness (QED) is 0.799. The fourth-order valence-corrected chi connectivity index (χ4v) is 3.11. The Morgan fingerprint density at radius 3 is 2.24 bits per heavy atom. The second-order valence-electron chi connectivity index (χ2n) is 7.05. The molecular formula is C15H26N2O4. The van der Waals surface area contributed by atoms with E-state index in [-0.39, 0.29) is 18.0 Å². The second-order valence-corrected chi connectivity index (χ2v) is 7.05. The molecule has 0 aromatic heterocycles. The summed E-state index contributed by atoms with van der Waals surface area (Å²) in [5, 5.41) is 9.00. The minimum absolute atomic E-state index is 0.0445. The third kappa shape index (κ3) is 3.87. The molecule has 0 aromatic carbocycles. The van der Waals surface area contributed by atoms with Gasteiger partial charge in [-0.3, -0.25) is 0 Å². The topological polar surface area (TPSA) is 70.1 Å². The SMILES string of the molecule is CC(C)(C)C1CCN(C(=O)N2CCOC(C(=O)O)C2)CC1. The highest BCUT2D eigenvalue weighted by atomic mass is 16.5. The molecule has 2 fully saturated rings. The van der Waals surface area contributed by atoms with Crippen molar-refractivity contribution in [2.75, 3.05) is 32.8 Å². The number of amides is 2. The van der Waals surface area contributed by atoms with Gasteiger partial charge < -0.3 is 19.6 Å². The van der Waals surface area contributed by atoms with E-state index in [1.807, 2.05) is 4.90 Å². The van der Waals surface area contributed by atoms with Crippen molar-refractivity contribution < 1.29 is 19.4 Å². The summed E-state index contributed by atoms with van der Waals surface area (Å²) in [7, 11) is 0. The predicted octanol–water partition coefficient (Wildman–Crippen LogP) is 1.65. The fourth-order valence-electron chi connectivity index (χ4n) is 3.11. The van der Waals surface area contributed by atoms with Crippen molar-refractivity contribution in [3.63, 3.8) is 0 Å². The number of nitrogens with zero attached hydrogens (tertiary/aromatic N) is 2. The average Bonchev–Trinajstić information content (AvgIpc) is 2.46. The minimum Gasteiger partial charge on any atom is -0.479 e. The van der Waals surface area contributed by atoms with Crippen LogP contribution < -0.4 is 0 Å². The van der Waals surface area contributed by atoms with Gasteiger partial charge in [0.15, 0.2) is 6.10 Å². The van der Waals surface area contributed by atoms with Crippen LogP contribution in [0.25, 0.3) is 0 Å². The van der Waals surface area contributed by atoms with Gasteiger partial charge in [0.05, 0.1) is 13.2 Å². The zero-order chi connectivity index (χ0) is 15.6. The number of hydrogen-bond acceptors (Lipinski definition) is 3. The van der Waals surface area contributed by atoms with E-state index >= 15 is 0 Å². The Labute approximate surface area is 126 Å². The monoisotopic (exact) mass is 298 g/mol. The van der Waals surface area contributed by atoms with Gasteiger partial charge in [-0.05, 0) is 24.2 Å². The van der Waals surface area contributed by atoms with Gasteiger partial charge >= 0.3 is 12.0 Å². The van der Waals surface area contributed by atoms with Gasteiger partial charge in [-0.1, -0.05) is 20.8 Å². The first-order valence-electron chi connectivity index (χ1n) is 7.67. The van der Waals surface area contributed by atoms with E-state index < -0.39 is 12.1 Å². The van der Waals surface area contributed by atoms with Gasteiger partial charge in [0, 0.05) is 19.6 Å². The van der Waals surface area contributed by atoms with Crippen LogP contribution in [0.3, 0.4) is 0 Å². The van der Waals surface area contributed by atoms with E-state index in [1.165, 1.54) is 0 Å². The van der Waals surface area contributed by atoms with Crippen LogP contribution in [0.1, 0.15) is 33.6 Å². The van der Waals surface area contributed by atoms with Crippen LogP contribution in [0.15, 0.2) is 0 Å². The van der Waals surface area contributed by atoms with Crippen LogP contribution in [0.4, 0.5) is 4.79 Å². The van der Waals surface area contributed by atoms with Crippen molar-refractivity contribution in [3.05, 3.63) is 0 Å². The maximum Gasteiger partial charge on any atom is 0.334 e.